The van der Waals surface area contributed by atoms with Crippen molar-refractivity contribution in [2.24, 2.45) is 5.14 Å². The normalized spacial score (nSPS) is 12.1. The summed E-state index contributed by atoms with van der Waals surface area (Å²) in [6.07, 6.45) is -1.43. The van der Waals surface area contributed by atoms with E-state index in [0.29, 0.717) is 0 Å². The summed E-state index contributed by atoms with van der Waals surface area (Å²) in [7, 11) is -3.96. The minimum atomic E-state index is -4.69. The first-order valence-corrected chi connectivity index (χ1v) is 10.5. The highest BCUT2D eigenvalue weighted by atomic mass is 32.2. The number of hydrogen-bond acceptors (Lipinski definition) is 4. The minimum absolute atomic E-state index is 0.131. The molecule has 3 N–H and O–H groups in total. The van der Waals surface area contributed by atoms with Gasteiger partial charge in [0.2, 0.25) is 10.0 Å². The van der Waals surface area contributed by atoms with Crippen molar-refractivity contribution in [3.8, 4) is 33.6 Å². The van der Waals surface area contributed by atoms with Gasteiger partial charge in [-0.3, -0.25) is 10.1 Å². The fourth-order valence-corrected chi connectivity index (χ4v) is 3.73. The first-order chi connectivity index (χ1) is 14.6. The molecule has 10 heteroatoms. The van der Waals surface area contributed by atoms with Crippen molar-refractivity contribution in [3.05, 3.63) is 78.6 Å². The predicted octanol–water partition coefficient (Wildman–Crippen LogP) is 4.47. The van der Waals surface area contributed by atoms with Crippen molar-refractivity contribution in [2.75, 3.05) is 0 Å². The lowest BCUT2D eigenvalue weighted by molar-refractivity contribution is -0.136. The van der Waals surface area contributed by atoms with Crippen LogP contribution in [0.3, 0.4) is 0 Å². The van der Waals surface area contributed by atoms with Crippen molar-refractivity contribution in [3.63, 3.8) is 0 Å². The number of nitrogens with zero attached hydrogens (tertiary/aromatic N) is 2. The maximum Gasteiger partial charge on any atom is 0.420 e. The summed E-state index contributed by atoms with van der Waals surface area (Å²) in [6, 6.07) is 14.9. The number of primary sulfonamides is 1. The Morgan fingerprint density at radius 3 is 1.84 bits per heavy atom. The second-order valence-corrected chi connectivity index (χ2v) is 8.26. The Bertz CT molecular complexity index is 1320. The zero-order chi connectivity index (χ0) is 22.2. The highest BCUT2D eigenvalue weighted by Gasteiger charge is 2.39. The fourth-order valence-electron chi connectivity index (χ4n) is 3.21. The quantitative estimate of drug-likeness (QED) is 0.485. The third-order valence-corrected chi connectivity index (χ3v) is 5.62. The summed E-state index contributed by atoms with van der Waals surface area (Å²) in [5, 5.41) is 11.4. The maximum atomic E-state index is 13.9. The van der Waals surface area contributed by atoms with Crippen LogP contribution < -0.4 is 5.14 Å². The monoisotopic (exact) mass is 444 g/mol. The molecule has 0 amide bonds. The van der Waals surface area contributed by atoms with Gasteiger partial charge in [-0.2, -0.15) is 18.3 Å². The van der Waals surface area contributed by atoms with E-state index in [2.05, 4.69) is 15.2 Å². The van der Waals surface area contributed by atoms with Crippen molar-refractivity contribution < 1.29 is 21.6 Å². The summed E-state index contributed by atoms with van der Waals surface area (Å²) in [5.74, 6) is 0. The first-order valence-electron chi connectivity index (χ1n) is 8.94. The Labute approximate surface area is 175 Å². The average Bonchev–Trinajstić information content (AvgIpc) is 3.20. The molecular formula is C21H15F3N4O2S. The highest BCUT2D eigenvalue weighted by molar-refractivity contribution is 7.89. The Balaban J connectivity index is 1.77. The van der Waals surface area contributed by atoms with E-state index in [1.165, 1.54) is 12.1 Å². The number of benzene rings is 2. The van der Waals surface area contributed by atoms with Gasteiger partial charge < -0.3 is 0 Å². The van der Waals surface area contributed by atoms with Crippen molar-refractivity contribution >= 4 is 10.0 Å². The van der Waals surface area contributed by atoms with E-state index in [1.807, 2.05) is 0 Å². The molecule has 2 aromatic heterocycles. The molecule has 2 aromatic carbocycles. The molecule has 0 bridgehead atoms. The number of hydrogen-bond donors (Lipinski definition) is 2. The van der Waals surface area contributed by atoms with E-state index in [9.17, 15) is 21.6 Å². The molecule has 31 heavy (non-hydrogen) atoms. The molecule has 0 atom stereocenters. The molecule has 0 aliphatic rings. The summed E-state index contributed by atoms with van der Waals surface area (Å²) in [5.41, 5.74) is 0.679. The number of halogens is 3. The lowest BCUT2D eigenvalue weighted by Crippen LogP contribution is -2.12. The van der Waals surface area contributed by atoms with Crippen LogP contribution in [-0.2, 0) is 16.2 Å². The Kier molecular flexibility index (Phi) is 5.11. The molecule has 4 aromatic rings. The van der Waals surface area contributed by atoms with Crippen molar-refractivity contribution in [1.29, 1.82) is 0 Å². The van der Waals surface area contributed by atoms with Crippen LogP contribution in [0, 0.1) is 0 Å². The highest BCUT2D eigenvalue weighted by Crippen LogP contribution is 2.42. The van der Waals surface area contributed by atoms with Gasteiger partial charge >= 0.3 is 6.18 Å². The van der Waals surface area contributed by atoms with Crippen LogP contribution in [0.15, 0.2) is 78.0 Å². The zero-order valence-corrected chi connectivity index (χ0v) is 16.6. The predicted molar refractivity (Wildman–Crippen MR) is 109 cm³/mol. The number of aromatic nitrogens is 3. The average molecular weight is 444 g/mol. The summed E-state index contributed by atoms with van der Waals surface area (Å²) >= 11 is 0. The molecule has 0 saturated heterocycles. The second kappa shape index (κ2) is 7.64. The Morgan fingerprint density at radius 2 is 1.29 bits per heavy atom. The Hall–Kier alpha value is -3.50. The summed E-state index contributed by atoms with van der Waals surface area (Å²) < 4.78 is 64.6. The van der Waals surface area contributed by atoms with Crippen LogP contribution >= 0.6 is 0 Å². The van der Waals surface area contributed by atoms with Crippen LogP contribution in [-0.4, -0.2) is 23.6 Å². The van der Waals surface area contributed by atoms with Crippen LogP contribution in [0.2, 0.25) is 0 Å². The van der Waals surface area contributed by atoms with Crippen molar-refractivity contribution in [1.82, 2.24) is 15.2 Å². The standard InChI is InChI=1S/C21H15F3N4O2S/c22-21(23,24)18-19(15-3-1-13(2-4-15)14-9-11-26-12-10-14)27-28-20(18)16-5-7-17(8-6-16)31(25,29)30/h1-12H,(H,27,28)(H2,25,29,30). The maximum absolute atomic E-state index is 13.9. The van der Waals surface area contributed by atoms with Gasteiger partial charge in [-0.15, -0.1) is 0 Å². The van der Waals surface area contributed by atoms with Crippen LogP contribution in [0.4, 0.5) is 13.2 Å². The molecular weight excluding hydrogens is 429 g/mol. The van der Waals surface area contributed by atoms with Gasteiger partial charge in [0.15, 0.2) is 0 Å². The lowest BCUT2D eigenvalue weighted by Gasteiger charge is -2.11. The number of rotatable bonds is 4. The number of nitrogens with two attached hydrogens (primary N) is 1. The van der Waals surface area contributed by atoms with Gasteiger partial charge in [0.1, 0.15) is 11.3 Å². The lowest BCUT2D eigenvalue weighted by atomic mass is 9.99. The van der Waals surface area contributed by atoms with Crippen LogP contribution in [0.25, 0.3) is 33.6 Å². The van der Waals surface area contributed by atoms with Crippen LogP contribution in [0.5, 0.6) is 0 Å². The molecule has 6 nitrogen and oxygen atoms in total. The summed E-state index contributed by atoms with van der Waals surface area (Å²) in [6.45, 7) is 0. The van der Waals surface area contributed by atoms with Crippen LogP contribution in [0.1, 0.15) is 5.56 Å². The number of aromatic amines is 1. The van der Waals surface area contributed by atoms with E-state index < -0.39 is 21.8 Å². The fraction of sp³-hybridized carbons (Fsp3) is 0.0476. The third kappa shape index (κ3) is 4.21. The van der Waals surface area contributed by atoms with Gasteiger partial charge in [-0.1, -0.05) is 36.4 Å². The number of alkyl halides is 3. The van der Waals surface area contributed by atoms with Gasteiger partial charge in [0.05, 0.1) is 10.6 Å². The van der Waals surface area contributed by atoms with Crippen molar-refractivity contribution in [2.45, 2.75) is 11.1 Å². The number of nitrogens with one attached hydrogen (secondary N) is 1. The van der Waals surface area contributed by atoms with Gasteiger partial charge in [0.25, 0.3) is 0 Å². The molecule has 0 aliphatic heterocycles. The molecule has 4 rings (SSSR count). The SMILES string of the molecule is NS(=O)(=O)c1ccc(-c2[nH]nc(-c3ccc(-c4ccncc4)cc3)c2C(F)(F)F)cc1. The molecule has 0 spiro atoms. The molecule has 0 saturated carbocycles. The van der Waals surface area contributed by atoms with Gasteiger partial charge in [-0.25, -0.2) is 13.6 Å². The van der Waals surface area contributed by atoms with E-state index in [1.54, 1.807) is 48.8 Å². The third-order valence-electron chi connectivity index (χ3n) is 4.69. The van der Waals surface area contributed by atoms with E-state index in [-0.39, 0.29) is 27.4 Å². The topological polar surface area (TPSA) is 102 Å². The van der Waals surface area contributed by atoms with Gasteiger partial charge in [-0.05, 0) is 35.4 Å². The van der Waals surface area contributed by atoms with E-state index >= 15 is 0 Å². The number of pyridine rings is 1. The Morgan fingerprint density at radius 1 is 0.774 bits per heavy atom. The molecule has 0 fully saturated rings. The van der Waals surface area contributed by atoms with E-state index in [4.69, 9.17) is 5.14 Å². The van der Waals surface area contributed by atoms with E-state index in [0.717, 1.165) is 23.3 Å². The first kappa shape index (κ1) is 20.8. The minimum Gasteiger partial charge on any atom is -0.277 e. The molecule has 0 unspecified atom stereocenters. The molecule has 158 valence electrons. The zero-order valence-electron chi connectivity index (χ0n) is 15.8. The number of H-pyrrole nitrogens is 1. The smallest absolute Gasteiger partial charge is 0.277 e. The molecule has 2 heterocycles. The molecule has 0 radical (unpaired) electrons. The summed E-state index contributed by atoms with van der Waals surface area (Å²) in [4.78, 5) is 3.75. The van der Waals surface area contributed by atoms with Gasteiger partial charge in [0, 0.05) is 23.5 Å². The largest absolute Gasteiger partial charge is 0.420 e. The molecule has 0 aliphatic carbocycles. The second-order valence-electron chi connectivity index (χ2n) is 6.70. The number of sulfonamides is 1.